The van der Waals surface area contributed by atoms with Crippen molar-refractivity contribution in [3.8, 4) is 0 Å². The molecular formula is C11H17N3O2. The Kier molecular flexibility index (Phi) is 3.82. The van der Waals surface area contributed by atoms with Crippen molar-refractivity contribution in [2.45, 2.75) is 19.5 Å². The van der Waals surface area contributed by atoms with Gasteiger partial charge < -0.3 is 9.84 Å². The van der Waals surface area contributed by atoms with Crippen LogP contribution in [0.2, 0.25) is 0 Å². The monoisotopic (exact) mass is 223 g/mol. The predicted molar refractivity (Wildman–Crippen MR) is 58.9 cm³/mol. The molecule has 1 N–H and O–H groups in total. The number of morpholine rings is 1. The maximum Gasteiger partial charge on any atom is 0.0730 e. The summed E-state index contributed by atoms with van der Waals surface area (Å²) in [5.41, 5.74) is 1.87. The molecule has 1 aromatic rings. The molecule has 1 atom stereocenters. The lowest BCUT2D eigenvalue weighted by atomic mass is 10.2. The number of aliphatic hydroxyl groups excluding tert-OH is 1. The van der Waals surface area contributed by atoms with Crippen LogP contribution in [0.4, 0.5) is 0 Å². The van der Waals surface area contributed by atoms with Gasteiger partial charge in [-0.2, -0.15) is 0 Å². The Hall–Kier alpha value is -1.04. The molecule has 5 heteroatoms. The second kappa shape index (κ2) is 5.34. The third kappa shape index (κ3) is 2.75. The SMILES string of the molecule is Cc1cncc(CN2CCOCC2CO)n1. The van der Waals surface area contributed by atoms with Gasteiger partial charge in [0.15, 0.2) is 0 Å². The maximum absolute atomic E-state index is 9.24. The van der Waals surface area contributed by atoms with Gasteiger partial charge in [-0.25, -0.2) is 0 Å². The predicted octanol–water partition coefficient (Wildman–Crippen LogP) is -0.0219. The molecule has 0 amide bonds. The summed E-state index contributed by atoms with van der Waals surface area (Å²) in [6.07, 6.45) is 3.52. The van der Waals surface area contributed by atoms with Crippen molar-refractivity contribution < 1.29 is 9.84 Å². The quantitative estimate of drug-likeness (QED) is 0.780. The maximum atomic E-state index is 9.24. The normalized spacial score (nSPS) is 22.2. The van der Waals surface area contributed by atoms with E-state index in [4.69, 9.17) is 4.74 Å². The molecule has 0 bridgehead atoms. The molecule has 1 aliphatic rings. The minimum Gasteiger partial charge on any atom is -0.395 e. The molecule has 1 aromatic heterocycles. The summed E-state index contributed by atoms with van der Waals surface area (Å²) < 4.78 is 5.33. The zero-order valence-corrected chi connectivity index (χ0v) is 9.46. The minimum atomic E-state index is 0.0797. The van der Waals surface area contributed by atoms with Crippen molar-refractivity contribution in [2.24, 2.45) is 0 Å². The summed E-state index contributed by atoms with van der Waals surface area (Å²) in [5, 5.41) is 9.24. The van der Waals surface area contributed by atoms with Gasteiger partial charge in [-0.15, -0.1) is 0 Å². The van der Waals surface area contributed by atoms with Crippen LogP contribution in [0.5, 0.6) is 0 Å². The van der Waals surface area contributed by atoms with Crippen molar-refractivity contribution in [2.75, 3.05) is 26.4 Å². The number of aryl methyl sites for hydroxylation is 1. The third-order valence-electron chi connectivity index (χ3n) is 2.73. The van der Waals surface area contributed by atoms with Gasteiger partial charge in [-0.3, -0.25) is 14.9 Å². The van der Waals surface area contributed by atoms with Crippen LogP contribution in [0.1, 0.15) is 11.4 Å². The Labute approximate surface area is 95.1 Å². The number of aliphatic hydroxyl groups is 1. The summed E-state index contributed by atoms with van der Waals surface area (Å²) in [6, 6.07) is 0.0797. The van der Waals surface area contributed by atoms with Gasteiger partial charge in [0.05, 0.1) is 37.3 Å². The number of rotatable bonds is 3. The van der Waals surface area contributed by atoms with Crippen LogP contribution < -0.4 is 0 Å². The first kappa shape index (κ1) is 11.4. The number of nitrogens with zero attached hydrogens (tertiary/aromatic N) is 3. The number of hydrogen-bond donors (Lipinski definition) is 1. The molecule has 2 heterocycles. The first-order valence-corrected chi connectivity index (χ1v) is 5.50. The molecule has 1 fully saturated rings. The minimum absolute atomic E-state index is 0.0797. The van der Waals surface area contributed by atoms with Gasteiger partial charge in [0.25, 0.3) is 0 Å². The Morgan fingerprint density at radius 2 is 2.44 bits per heavy atom. The third-order valence-corrected chi connectivity index (χ3v) is 2.73. The van der Waals surface area contributed by atoms with Crippen molar-refractivity contribution >= 4 is 0 Å². The topological polar surface area (TPSA) is 58.5 Å². The molecule has 1 unspecified atom stereocenters. The first-order valence-electron chi connectivity index (χ1n) is 5.50. The van der Waals surface area contributed by atoms with E-state index < -0.39 is 0 Å². The summed E-state index contributed by atoms with van der Waals surface area (Å²) in [5.74, 6) is 0. The van der Waals surface area contributed by atoms with Crippen molar-refractivity contribution in [3.05, 3.63) is 23.8 Å². The molecule has 1 saturated heterocycles. The molecule has 2 rings (SSSR count). The van der Waals surface area contributed by atoms with E-state index in [-0.39, 0.29) is 12.6 Å². The average molecular weight is 223 g/mol. The molecule has 0 saturated carbocycles. The van der Waals surface area contributed by atoms with Crippen LogP contribution in [0, 0.1) is 6.92 Å². The van der Waals surface area contributed by atoms with E-state index in [9.17, 15) is 5.11 Å². The summed E-state index contributed by atoms with van der Waals surface area (Å²) in [6.45, 7) is 4.92. The first-order chi connectivity index (χ1) is 7.79. The van der Waals surface area contributed by atoms with E-state index in [1.54, 1.807) is 12.4 Å². The van der Waals surface area contributed by atoms with E-state index in [1.807, 2.05) is 6.92 Å². The number of aromatic nitrogens is 2. The average Bonchev–Trinajstić information content (AvgIpc) is 2.30. The molecule has 5 nitrogen and oxygen atoms in total. The van der Waals surface area contributed by atoms with Gasteiger partial charge in [0.1, 0.15) is 0 Å². The zero-order valence-electron chi connectivity index (χ0n) is 9.46. The Morgan fingerprint density at radius 3 is 3.19 bits per heavy atom. The largest absolute Gasteiger partial charge is 0.395 e. The fourth-order valence-corrected chi connectivity index (χ4v) is 1.87. The van der Waals surface area contributed by atoms with Crippen LogP contribution >= 0.6 is 0 Å². The van der Waals surface area contributed by atoms with Crippen molar-refractivity contribution in [1.29, 1.82) is 0 Å². The zero-order chi connectivity index (χ0) is 11.4. The molecular weight excluding hydrogens is 206 g/mol. The standard InChI is InChI=1S/C11H17N3O2/c1-9-4-12-5-10(13-9)6-14-2-3-16-8-11(14)7-15/h4-5,11,15H,2-3,6-8H2,1H3. The second-order valence-corrected chi connectivity index (χ2v) is 4.03. The van der Waals surface area contributed by atoms with Crippen LogP contribution in [-0.4, -0.2) is 52.4 Å². The summed E-state index contributed by atoms with van der Waals surface area (Å²) in [7, 11) is 0. The van der Waals surface area contributed by atoms with E-state index in [0.29, 0.717) is 6.61 Å². The molecule has 0 spiro atoms. The highest BCUT2D eigenvalue weighted by Crippen LogP contribution is 2.10. The van der Waals surface area contributed by atoms with Gasteiger partial charge in [0.2, 0.25) is 0 Å². The van der Waals surface area contributed by atoms with Crippen LogP contribution in [-0.2, 0) is 11.3 Å². The van der Waals surface area contributed by atoms with Gasteiger partial charge >= 0.3 is 0 Å². The molecule has 16 heavy (non-hydrogen) atoms. The van der Waals surface area contributed by atoms with E-state index >= 15 is 0 Å². The Morgan fingerprint density at radius 1 is 1.56 bits per heavy atom. The Balaban J connectivity index is 2.02. The fraction of sp³-hybridized carbons (Fsp3) is 0.636. The van der Waals surface area contributed by atoms with Gasteiger partial charge in [-0.05, 0) is 6.92 Å². The molecule has 88 valence electrons. The highest BCUT2D eigenvalue weighted by atomic mass is 16.5. The van der Waals surface area contributed by atoms with Gasteiger partial charge in [-0.1, -0.05) is 0 Å². The summed E-state index contributed by atoms with van der Waals surface area (Å²) in [4.78, 5) is 10.7. The number of hydrogen-bond acceptors (Lipinski definition) is 5. The smallest absolute Gasteiger partial charge is 0.0730 e. The molecule has 0 radical (unpaired) electrons. The lowest BCUT2D eigenvalue weighted by Crippen LogP contribution is -2.47. The van der Waals surface area contributed by atoms with Crippen LogP contribution in [0.15, 0.2) is 12.4 Å². The second-order valence-electron chi connectivity index (χ2n) is 4.03. The van der Waals surface area contributed by atoms with Crippen LogP contribution in [0.3, 0.4) is 0 Å². The van der Waals surface area contributed by atoms with E-state index in [2.05, 4.69) is 14.9 Å². The van der Waals surface area contributed by atoms with Gasteiger partial charge in [0, 0.05) is 25.5 Å². The van der Waals surface area contributed by atoms with Crippen molar-refractivity contribution in [3.63, 3.8) is 0 Å². The van der Waals surface area contributed by atoms with E-state index in [0.717, 1.165) is 31.1 Å². The van der Waals surface area contributed by atoms with Crippen LogP contribution in [0.25, 0.3) is 0 Å². The van der Waals surface area contributed by atoms with Crippen molar-refractivity contribution in [1.82, 2.24) is 14.9 Å². The highest BCUT2D eigenvalue weighted by Gasteiger charge is 2.22. The molecule has 0 aliphatic carbocycles. The fourth-order valence-electron chi connectivity index (χ4n) is 1.87. The lowest BCUT2D eigenvalue weighted by molar-refractivity contribution is -0.0318. The Bertz CT molecular complexity index is 346. The number of ether oxygens (including phenoxy) is 1. The molecule has 0 aromatic carbocycles. The van der Waals surface area contributed by atoms with E-state index in [1.165, 1.54) is 0 Å². The lowest BCUT2D eigenvalue weighted by Gasteiger charge is -2.33. The summed E-state index contributed by atoms with van der Waals surface area (Å²) >= 11 is 0. The highest BCUT2D eigenvalue weighted by molar-refractivity contribution is 5.01. The molecule has 1 aliphatic heterocycles.